The molecule has 3 rings (SSSR count). The normalized spacial score (nSPS) is 15.0. The van der Waals surface area contributed by atoms with Gasteiger partial charge in [-0.15, -0.1) is 0 Å². The Balaban J connectivity index is 1.58. The first-order chi connectivity index (χ1) is 14.3. The van der Waals surface area contributed by atoms with Gasteiger partial charge in [0.25, 0.3) is 5.69 Å². The van der Waals surface area contributed by atoms with Crippen molar-refractivity contribution in [2.45, 2.75) is 18.2 Å². The number of amides is 1. The highest BCUT2D eigenvalue weighted by Crippen LogP contribution is 2.21. The van der Waals surface area contributed by atoms with Gasteiger partial charge in [-0.2, -0.15) is 4.31 Å². The lowest BCUT2D eigenvalue weighted by atomic mass is 10.1. The van der Waals surface area contributed by atoms with Crippen molar-refractivity contribution in [1.29, 1.82) is 0 Å². The number of non-ortho nitro benzene ring substituents is 1. The molecule has 1 aliphatic rings. The van der Waals surface area contributed by atoms with Gasteiger partial charge in [-0.3, -0.25) is 14.9 Å². The molecular formula is C20H23N3O6S. The van der Waals surface area contributed by atoms with E-state index in [-0.39, 0.29) is 36.0 Å². The molecule has 9 nitrogen and oxygen atoms in total. The van der Waals surface area contributed by atoms with Gasteiger partial charge in [0.2, 0.25) is 15.9 Å². The van der Waals surface area contributed by atoms with Gasteiger partial charge in [-0.05, 0) is 36.8 Å². The minimum atomic E-state index is -3.76. The lowest BCUT2D eigenvalue weighted by Crippen LogP contribution is -2.50. The zero-order valence-corrected chi connectivity index (χ0v) is 17.4. The Morgan fingerprint density at radius 2 is 1.63 bits per heavy atom. The van der Waals surface area contributed by atoms with Gasteiger partial charge in [0.15, 0.2) is 0 Å². The van der Waals surface area contributed by atoms with Crippen LogP contribution in [0.5, 0.6) is 5.75 Å². The molecule has 0 atom stereocenters. The quantitative estimate of drug-likeness (QED) is 0.488. The molecule has 0 aromatic heterocycles. The van der Waals surface area contributed by atoms with Gasteiger partial charge in [-0.25, -0.2) is 8.42 Å². The van der Waals surface area contributed by atoms with Gasteiger partial charge in [0.05, 0.1) is 22.8 Å². The van der Waals surface area contributed by atoms with Gasteiger partial charge in [0, 0.05) is 38.3 Å². The number of nitro groups is 1. The third-order valence-electron chi connectivity index (χ3n) is 4.87. The number of ether oxygens (including phenoxy) is 1. The first-order valence-electron chi connectivity index (χ1n) is 9.55. The van der Waals surface area contributed by atoms with Crippen LogP contribution in [0.4, 0.5) is 5.69 Å². The average Bonchev–Trinajstić information content (AvgIpc) is 2.75. The Morgan fingerprint density at radius 1 is 1.03 bits per heavy atom. The first kappa shape index (κ1) is 21.7. The van der Waals surface area contributed by atoms with Crippen LogP contribution in [0.2, 0.25) is 0 Å². The standard InChI is InChI=1S/C20H23N3O6S/c1-2-29-18-7-3-16(4-8-18)15-20(24)21-11-13-22(14-12-21)30(27,28)19-9-5-17(6-10-19)23(25)26/h3-10H,2,11-15H2,1H3. The van der Waals surface area contributed by atoms with Crippen molar-refractivity contribution in [3.8, 4) is 5.75 Å². The molecule has 2 aromatic carbocycles. The number of benzene rings is 2. The summed E-state index contributed by atoms with van der Waals surface area (Å²) in [5, 5.41) is 10.7. The molecule has 1 heterocycles. The smallest absolute Gasteiger partial charge is 0.269 e. The lowest BCUT2D eigenvalue weighted by molar-refractivity contribution is -0.384. The van der Waals surface area contributed by atoms with Gasteiger partial charge >= 0.3 is 0 Å². The molecule has 0 saturated carbocycles. The Kier molecular flexibility index (Phi) is 6.68. The van der Waals surface area contributed by atoms with Crippen LogP contribution in [0.1, 0.15) is 12.5 Å². The second kappa shape index (κ2) is 9.23. The second-order valence-electron chi connectivity index (χ2n) is 6.79. The maximum absolute atomic E-state index is 12.8. The molecule has 1 fully saturated rings. The molecule has 10 heteroatoms. The fourth-order valence-corrected chi connectivity index (χ4v) is 4.65. The van der Waals surface area contributed by atoms with Crippen molar-refractivity contribution in [1.82, 2.24) is 9.21 Å². The van der Waals surface area contributed by atoms with E-state index in [0.29, 0.717) is 19.7 Å². The number of nitrogens with zero attached hydrogens (tertiary/aromatic N) is 3. The molecule has 0 aliphatic carbocycles. The summed E-state index contributed by atoms with van der Waals surface area (Å²) >= 11 is 0. The fourth-order valence-electron chi connectivity index (χ4n) is 3.22. The summed E-state index contributed by atoms with van der Waals surface area (Å²) in [6, 6.07) is 12.1. The van der Waals surface area contributed by atoms with Gasteiger partial charge in [-0.1, -0.05) is 12.1 Å². The van der Waals surface area contributed by atoms with Crippen LogP contribution in [-0.4, -0.2) is 61.2 Å². The maximum atomic E-state index is 12.8. The van der Waals surface area contributed by atoms with Crippen LogP contribution >= 0.6 is 0 Å². The highest BCUT2D eigenvalue weighted by atomic mass is 32.2. The molecule has 0 bridgehead atoms. The Labute approximate surface area is 175 Å². The topological polar surface area (TPSA) is 110 Å². The minimum Gasteiger partial charge on any atom is -0.494 e. The van der Waals surface area contributed by atoms with Crippen molar-refractivity contribution in [2.75, 3.05) is 32.8 Å². The van der Waals surface area contributed by atoms with Crippen molar-refractivity contribution in [3.05, 3.63) is 64.2 Å². The number of carbonyl (C=O) groups excluding carboxylic acids is 1. The summed E-state index contributed by atoms with van der Waals surface area (Å²) in [5.74, 6) is 0.685. The third-order valence-corrected chi connectivity index (χ3v) is 6.78. The zero-order chi connectivity index (χ0) is 21.7. The number of sulfonamides is 1. The highest BCUT2D eigenvalue weighted by Gasteiger charge is 2.30. The average molecular weight is 433 g/mol. The lowest BCUT2D eigenvalue weighted by Gasteiger charge is -2.34. The molecule has 160 valence electrons. The van der Waals surface area contributed by atoms with E-state index >= 15 is 0 Å². The summed E-state index contributed by atoms with van der Waals surface area (Å²) in [5.41, 5.74) is 0.697. The first-order valence-corrected chi connectivity index (χ1v) is 11.0. The molecule has 2 aromatic rings. The van der Waals surface area contributed by atoms with Crippen LogP contribution < -0.4 is 4.74 Å². The molecule has 0 spiro atoms. The predicted molar refractivity (Wildman–Crippen MR) is 110 cm³/mol. The van der Waals surface area contributed by atoms with Crippen LogP contribution in [0.15, 0.2) is 53.4 Å². The minimum absolute atomic E-state index is 0.00210. The van der Waals surface area contributed by atoms with E-state index in [2.05, 4.69) is 0 Å². The van der Waals surface area contributed by atoms with Crippen LogP contribution in [0.25, 0.3) is 0 Å². The number of nitro benzene ring substituents is 1. The molecule has 1 aliphatic heterocycles. The third kappa shape index (κ3) is 4.95. The van der Waals surface area contributed by atoms with E-state index in [0.717, 1.165) is 11.3 Å². The summed E-state index contributed by atoms with van der Waals surface area (Å²) in [4.78, 5) is 24.4. The van der Waals surface area contributed by atoms with Crippen molar-refractivity contribution < 1.29 is 22.9 Å². The Bertz CT molecular complexity index is 998. The molecule has 1 saturated heterocycles. The summed E-state index contributed by atoms with van der Waals surface area (Å²) < 4.78 is 32.2. The Morgan fingerprint density at radius 3 is 2.17 bits per heavy atom. The number of carbonyl (C=O) groups is 1. The summed E-state index contributed by atoms with van der Waals surface area (Å²) in [6.07, 6.45) is 0.238. The van der Waals surface area contributed by atoms with E-state index < -0.39 is 14.9 Å². The molecule has 0 N–H and O–H groups in total. The highest BCUT2D eigenvalue weighted by molar-refractivity contribution is 7.89. The van der Waals surface area contributed by atoms with E-state index in [1.807, 2.05) is 31.2 Å². The monoisotopic (exact) mass is 433 g/mol. The summed E-state index contributed by atoms with van der Waals surface area (Å²) in [6.45, 7) is 3.41. The van der Waals surface area contributed by atoms with Crippen LogP contribution in [0, 0.1) is 10.1 Å². The summed E-state index contributed by atoms with van der Waals surface area (Å²) in [7, 11) is -3.76. The number of piperazine rings is 1. The van der Waals surface area contributed by atoms with E-state index in [1.54, 1.807) is 4.90 Å². The predicted octanol–water partition coefficient (Wildman–Crippen LogP) is 2.07. The fraction of sp³-hybridized carbons (Fsp3) is 0.350. The van der Waals surface area contributed by atoms with Crippen molar-refractivity contribution in [3.63, 3.8) is 0 Å². The van der Waals surface area contributed by atoms with Crippen molar-refractivity contribution >= 4 is 21.6 Å². The van der Waals surface area contributed by atoms with Gasteiger partial charge < -0.3 is 9.64 Å². The van der Waals surface area contributed by atoms with Crippen molar-refractivity contribution in [2.24, 2.45) is 0 Å². The van der Waals surface area contributed by atoms with E-state index in [9.17, 15) is 23.3 Å². The molecular weight excluding hydrogens is 410 g/mol. The van der Waals surface area contributed by atoms with E-state index in [4.69, 9.17) is 4.74 Å². The number of hydrogen-bond donors (Lipinski definition) is 0. The number of rotatable bonds is 7. The van der Waals surface area contributed by atoms with Crippen LogP contribution in [-0.2, 0) is 21.2 Å². The molecule has 0 radical (unpaired) electrons. The van der Waals surface area contributed by atoms with Gasteiger partial charge in [0.1, 0.15) is 5.75 Å². The largest absolute Gasteiger partial charge is 0.494 e. The molecule has 1 amide bonds. The second-order valence-corrected chi connectivity index (χ2v) is 8.73. The number of hydrogen-bond acceptors (Lipinski definition) is 6. The molecule has 30 heavy (non-hydrogen) atoms. The van der Waals surface area contributed by atoms with E-state index in [1.165, 1.54) is 28.6 Å². The Hall–Kier alpha value is -2.98. The zero-order valence-electron chi connectivity index (χ0n) is 16.6. The molecule has 0 unspecified atom stereocenters. The van der Waals surface area contributed by atoms with Crippen LogP contribution in [0.3, 0.4) is 0 Å². The maximum Gasteiger partial charge on any atom is 0.269 e. The SMILES string of the molecule is CCOc1ccc(CC(=O)N2CCN(S(=O)(=O)c3ccc([N+](=O)[O-])cc3)CC2)cc1.